The number of rotatable bonds is 20. The molecule has 85 heavy (non-hydrogen) atoms. The summed E-state index contributed by atoms with van der Waals surface area (Å²) in [6, 6.07) is 19.7. The van der Waals surface area contributed by atoms with Crippen LogP contribution in [0.5, 0.6) is 5.75 Å². The maximum absolute atomic E-state index is 11.7. The molecule has 6 N–H and O–H groups in total. The van der Waals surface area contributed by atoms with Gasteiger partial charge in [0.25, 0.3) is 0 Å². The van der Waals surface area contributed by atoms with Crippen LogP contribution in [0.3, 0.4) is 0 Å². The molecule has 6 aliphatic heterocycles. The number of methoxy groups -OCH3 is 1. The fourth-order valence-corrected chi connectivity index (χ4v) is 12.1. The predicted molar refractivity (Wildman–Crippen MR) is 335 cm³/mol. The number of likely N-dealkylation sites (tertiary alicyclic amines) is 3. The first-order chi connectivity index (χ1) is 41.2. The molecule has 442 valence electrons. The van der Waals surface area contributed by atoms with Crippen LogP contribution in [0.4, 0.5) is 17.8 Å². The second-order valence-corrected chi connectivity index (χ2v) is 23.7. The Bertz CT molecular complexity index is 3410. The van der Waals surface area contributed by atoms with Gasteiger partial charge in [-0.2, -0.15) is 15.8 Å². The first kappa shape index (κ1) is 62.5. The van der Waals surface area contributed by atoms with Crippen molar-refractivity contribution in [2.45, 2.75) is 85.5 Å². The Labute approximate surface area is 509 Å². The van der Waals surface area contributed by atoms with Crippen molar-refractivity contribution < 1.29 is 19.1 Å². The lowest BCUT2D eigenvalue weighted by atomic mass is 9.93. The molecule has 0 aliphatic carbocycles. The third-order valence-corrected chi connectivity index (χ3v) is 16.7. The van der Waals surface area contributed by atoms with Gasteiger partial charge in [-0.15, -0.1) is 0 Å². The number of carbonyl (C=O) groups is 3. The number of nitriles is 3. The van der Waals surface area contributed by atoms with E-state index in [0.717, 1.165) is 121 Å². The van der Waals surface area contributed by atoms with Crippen molar-refractivity contribution >= 4 is 93.3 Å². The quantitative estimate of drug-likeness (QED) is 0.0355. The molecular formula is C60H70N18O4S3. The summed E-state index contributed by atoms with van der Waals surface area (Å²) in [6.45, 7) is 15.2. The molecule has 6 aliphatic rings. The molecule has 0 atom stereocenters. The average Bonchev–Trinajstić information content (AvgIpc) is 4.61. The van der Waals surface area contributed by atoms with Gasteiger partial charge in [0.05, 0.1) is 45.0 Å². The number of nitrogens with zero attached hydrogens (tertiary/aromatic N) is 12. The highest BCUT2D eigenvalue weighted by Crippen LogP contribution is 2.38. The first-order valence-corrected chi connectivity index (χ1v) is 30.9. The first-order valence-electron chi connectivity index (χ1n) is 28.2. The summed E-state index contributed by atoms with van der Waals surface area (Å²) < 4.78 is 5.21. The number of thioether (sulfide) groups is 3. The van der Waals surface area contributed by atoms with Crippen molar-refractivity contribution in [2.24, 2.45) is 5.41 Å². The normalized spacial score (nSPS) is 18.0. The summed E-state index contributed by atoms with van der Waals surface area (Å²) in [4.78, 5) is 66.8. The zero-order valence-electron chi connectivity index (χ0n) is 48.5. The van der Waals surface area contributed by atoms with Gasteiger partial charge in [-0.25, -0.2) is 29.9 Å². The topological polar surface area (TPSA) is 291 Å². The van der Waals surface area contributed by atoms with Gasteiger partial charge in [-0.1, -0.05) is 56.1 Å². The number of carbonyl (C=O) groups excluding carboxylic acids is 3. The number of amides is 3. The van der Waals surface area contributed by atoms with Crippen LogP contribution in [0, 0.1) is 39.4 Å². The standard InChI is InChI=1S/C23H24N6O2S.C20H26N6OS.C17H20N6OS/c1-31-17-7-5-16(6-8-17)20-15-32-22(27-20)18(14-24)19-9-11-26-23(28-19)25-10-3-13-29-12-2-4-21(29)30;1-20(2,3)16-13-28-18(25-16)14(12-21)15-7-9-23-19(24-15)22-8-5-11-26-10-4-6-17(26)27;1-12-11-25-16(21-12)13(10-18)14-5-7-20-17(22-14)19-6-3-9-23-8-2-4-15(23)24/h5-9,11,15,27H,2-4,10,12-13H2,1H3,(H,25,26,28);7,9,13,25H,4-6,8,10-11H2,1-3H3,(H,22,23,24);5,7,11,21H,2-4,6,8-9H2,1H3,(H,19,20,22). The van der Waals surface area contributed by atoms with Crippen LogP contribution in [-0.4, -0.2) is 128 Å². The van der Waals surface area contributed by atoms with Gasteiger partial charge in [-0.3, -0.25) is 14.4 Å². The SMILES string of the molecule is CC(C)(C)C1=CSC(=C(C#N)c2ccnc(NCCCN3CCCC3=O)n2)N1.CC1=CSC(=C(C#N)c2ccnc(NCCCN3CCCC3=O)n2)N1.COc1ccc(C2=CSC(=C(C#N)c3ccnc(NCCCN4CCCC4=O)n3)N2)cc1. The van der Waals surface area contributed by atoms with Gasteiger partial charge in [0.1, 0.15) is 40.7 Å². The van der Waals surface area contributed by atoms with Crippen molar-refractivity contribution in [2.75, 3.05) is 82.0 Å². The summed E-state index contributed by atoms with van der Waals surface area (Å²) in [5.41, 5.74) is 7.23. The van der Waals surface area contributed by atoms with E-state index in [1.54, 1.807) is 43.9 Å². The maximum atomic E-state index is 11.7. The Morgan fingerprint density at radius 2 is 0.976 bits per heavy atom. The van der Waals surface area contributed by atoms with E-state index in [0.29, 0.717) is 90.5 Å². The fourth-order valence-electron chi connectivity index (χ4n) is 9.28. The Morgan fingerprint density at radius 1 is 0.576 bits per heavy atom. The average molecular weight is 1200 g/mol. The molecule has 0 bridgehead atoms. The van der Waals surface area contributed by atoms with E-state index in [2.05, 4.69) is 101 Å². The highest BCUT2D eigenvalue weighted by atomic mass is 32.2. The number of aromatic nitrogens is 6. The third-order valence-electron chi connectivity index (χ3n) is 13.9. The van der Waals surface area contributed by atoms with Crippen LogP contribution < -0.4 is 36.6 Å². The molecule has 0 saturated carbocycles. The van der Waals surface area contributed by atoms with Gasteiger partial charge in [0.15, 0.2) is 0 Å². The van der Waals surface area contributed by atoms with Crippen molar-refractivity contribution in [3.05, 3.63) is 126 Å². The number of allylic oxidation sites excluding steroid dienone is 5. The van der Waals surface area contributed by atoms with Crippen LogP contribution in [0.2, 0.25) is 0 Å². The zero-order valence-corrected chi connectivity index (χ0v) is 50.9. The number of nitrogens with one attached hydrogen (secondary N) is 6. The molecule has 0 spiro atoms. The number of hydrogen-bond donors (Lipinski definition) is 6. The van der Waals surface area contributed by atoms with E-state index in [1.165, 1.54) is 35.3 Å². The molecule has 3 fully saturated rings. The zero-order chi connectivity index (χ0) is 60.1. The molecule has 1 aromatic carbocycles. The molecule has 22 nitrogen and oxygen atoms in total. The van der Waals surface area contributed by atoms with E-state index in [-0.39, 0.29) is 23.1 Å². The van der Waals surface area contributed by atoms with Crippen molar-refractivity contribution in [3.63, 3.8) is 0 Å². The van der Waals surface area contributed by atoms with Crippen LogP contribution in [0.1, 0.15) is 108 Å². The van der Waals surface area contributed by atoms with E-state index in [9.17, 15) is 30.2 Å². The molecule has 3 aromatic heterocycles. The predicted octanol–water partition coefficient (Wildman–Crippen LogP) is 9.04. The van der Waals surface area contributed by atoms with Gasteiger partial charge < -0.3 is 51.3 Å². The molecule has 0 unspecified atom stereocenters. The Hall–Kier alpha value is -8.57. The molecule has 0 radical (unpaired) electrons. The lowest BCUT2D eigenvalue weighted by Crippen LogP contribution is -2.27. The Kier molecular flexibility index (Phi) is 22.7. The third kappa shape index (κ3) is 17.7. The maximum Gasteiger partial charge on any atom is 0.223 e. The summed E-state index contributed by atoms with van der Waals surface area (Å²) >= 11 is 4.46. The molecule has 10 rings (SSSR count). The largest absolute Gasteiger partial charge is 0.497 e. The number of hydrogen-bond acceptors (Lipinski definition) is 22. The molecule has 3 amide bonds. The minimum Gasteiger partial charge on any atom is -0.497 e. The fraction of sp³-hybridized carbons (Fsp3) is 0.400. The van der Waals surface area contributed by atoms with Gasteiger partial charge in [0.2, 0.25) is 35.6 Å². The van der Waals surface area contributed by atoms with Gasteiger partial charge in [0, 0.05) is 119 Å². The smallest absolute Gasteiger partial charge is 0.223 e. The second-order valence-electron chi connectivity index (χ2n) is 21.1. The summed E-state index contributed by atoms with van der Waals surface area (Å²) in [5, 5.41) is 56.7. The van der Waals surface area contributed by atoms with E-state index < -0.39 is 0 Å². The highest BCUT2D eigenvalue weighted by molar-refractivity contribution is 8.06. The monoisotopic (exact) mass is 1200 g/mol. The Morgan fingerprint density at radius 3 is 1.33 bits per heavy atom. The van der Waals surface area contributed by atoms with E-state index in [1.807, 2.05) is 62.1 Å². The summed E-state index contributed by atoms with van der Waals surface area (Å²) in [6.07, 6.45) is 12.3. The highest BCUT2D eigenvalue weighted by Gasteiger charge is 2.27. The lowest BCUT2D eigenvalue weighted by molar-refractivity contribution is -0.128. The molecule has 25 heteroatoms. The van der Waals surface area contributed by atoms with Crippen LogP contribution >= 0.6 is 35.3 Å². The minimum absolute atomic E-state index is 0.00950. The van der Waals surface area contributed by atoms with Crippen molar-refractivity contribution in [3.8, 4) is 24.0 Å². The van der Waals surface area contributed by atoms with Crippen molar-refractivity contribution in [1.29, 1.82) is 15.8 Å². The molecule has 4 aromatic rings. The van der Waals surface area contributed by atoms with E-state index in [4.69, 9.17) is 4.74 Å². The number of anilines is 3. The number of ether oxygens (including phenoxy) is 1. The molecule has 3 saturated heterocycles. The van der Waals surface area contributed by atoms with Crippen molar-refractivity contribution in [1.82, 2.24) is 60.6 Å². The van der Waals surface area contributed by atoms with E-state index >= 15 is 0 Å². The van der Waals surface area contributed by atoms with Crippen LogP contribution in [-0.2, 0) is 14.4 Å². The second kappa shape index (κ2) is 30.8. The Balaban J connectivity index is 0.000000167. The molecular weight excluding hydrogens is 1130 g/mol. The lowest BCUT2D eigenvalue weighted by Gasteiger charge is -2.20. The minimum atomic E-state index is -0.00950. The summed E-state index contributed by atoms with van der Waals surface area (Å²) in [7, 11) is 1.64. The van der Waals surface area contributed by atoms with Gasteiger partial charge in [-0.05, 0) is 104 Å². The summed E-state index contributed by atoms with van der Waals surface area (Å²) in [5.74, 6) is 2.97. The molecule has 9 heterocycles. The van der Waals surface area contributed by atoms with Crippen LogP contribution in [0.15, 0.2) is 104 Å². The van der Waals surface area contributed by atoms with Crippen LogP contribution in [0.25, 0.3) is 22.4 Å². The number of benzene rings is 1. The van der Waals surface area contributed by atoms with Gasteiger partial charge >= 0.3 is 0 Å².